The number of hydrogen-bond donors (Lipinski definition) is 4. The van der Waals surface area contributed by atoms with E-state index in [9.17, 15) is 14.4 Å². The molecule has 21 heavy (non-hydrogen) atoms. The number of hydrogen-bond acceptors (Lipinski definition) is 4. The summed E-state index contributed by atoms with van der Waals surface area (Å²) in [7, 11) is 0. The van der Waals surface area contributed by atoms with Crippen molar-refractivity contribution in [3.05, 3.63) is 29.8 Å². The molecular formula is C14H17N3O4. The van der Waals surface area contributed by atoms with E-state index in [4.69, 9.17) is 10.8 Å². The molecule has 7 heteroatoms. The second-order valence-corrected chi connectivity index (χ2v) is 5.01. The van der Waals surface area contributed by atoms with Gasteiger partial charge in [0.15, 0.2) is 0 Å². The molecule has 2 amide bonds. The van der Waals surface area contributed by atoms with E-state index < -0.39 is 30.2 Å². The molecule has 7 nitrogen and oxygen atoms in total. The Kier molecular flexibility index (Phi) is 4.42. The zero-order valence-electron chi connectivity index (χ0n) is 11.3. The lowest BCUT2D eigenvalue weighted by molar-refractivity contribution is -0.143. The first-order chi connectivity index (χ1) is 9.97. The number of rotatable bonds is 5. The Morgan fingerprint density at radius 3 is 2.76 bits per heavy atom. The van der Waals surface area contributed by atoms with E-state index in [1.807, 2.05) is 24.3 Å². The van der Waals surface area contributed by atoms with Crippen molar-refractivity contribution in [2.24, 2.45) is 11.7 Å². The number of anilines is 1. The molecule has 1 aromatic carbocycles. The van der Waals surface area contributed by atoms with Crippen molar-refractivity contribution in [2.45, 2.75) is 18.9 Å². The summed E-state index contributed by atoms with van der Waals surface area (Å²) in [5.74, 6) is -2.82. The van der Waals surface area contributed by atoms with Crippen molar-refractivity contribution in [3.63, 3.8) is 0 Å². The molecule has 1 aliphatic heterocycles. The van der Waals surface area contributed by atoms with Crippen LogP contribution in [0.5, 0.6) is 0 Å². The van der Waals surface area contributed by atoms with Gasteiger partial charge in [0.05, 0.1) is 12.3 Å². The largest absolute Gasteiger partial charge is 0.480 e. The molecule has 0 radical (unpaired) electrons. The van der Waals surface area contributed by atoms with Crippen molar-refractivity contribution < 1.29 is 19.5 Å². The predicted molar refractivity (Wildman–Crippen MR) is 75.5 cm³/mol. The molecule has 2 atom stereocenters. The minimum absolute atomic E-state index is 0.380. The molecule has 0 saturated carbocycles. The Balaban J connectivity index is 2.01. The summed E-state index contributed by atoms with van der Waals surface area (Å²) in [5.41, 5.74) is 6.97. The minimum Gasteiger partial charge on any atom is -0.480 e. The third-order valence-corrected chi connectivity index (χ3v) is 3.41. The zero-order valence-corrected chi connectivity index (χ0v) is 11.3. The van der Waals surface area contributed by atoms with Crippen LogP contribution in [0.25, 0.3) is 0 Å². The number of carboxylic acids is 1. The van der Waals surface area contributed by atoms with Gasteiger partial charge < -0.3 is 21.5 Å². The Morgan fingerprint density at radius 1 is 1.38 bits per heavy atom. The first-order valence-electron chi connectivity index (χ1n) is 6.60. The summed E-state index contributed by atoms with van der Waals surface area (Å²) in [6.07, 6.45) is 0.107. The molecule has 1 heterocycles. The second kappa shape index (κ2) is 6.25. The molecule has 1 unspecified atom stereocenters. The van der Waals surface area contributed by atoms with Crippen LogP contribution in [0.4, 0.5) is 5.69 Å². The number of carbonyl (C=O) groups is 3. The van der Waals surface area contributed by atoms with Gasteiger partial charge in [-0.2, -0.15) is 0 Å². The van der Waals surface area contributed by atoms with E-state index in [2.05, 4.69) is 10.6 Å². The number of carbonyl (C=O) groups excluding carboxylic acids is 2. The summed E-state index contributed by atoms with van der Waals surface area (Å²) in [4.78, 5) is 34.0. The van der Waals surface area contributed by atoms with E-state index in [1.165, 1.54) is 0 Å². The van der Waals surface area contributed by atoms with Gasteiger partial charge in [0.25, 0.3) is 0 Å². The third-order valence-electron chi connectivity index (χ3n) is 3.41. The van der Waals surface area contributed by atoms with Crippen molar-refractivity contribution in [1.29, 1.82) is 0 Å². The van der Waals surface area contributed by atoms with Gasteiger partial charge in [0.2, 0.25) is 11.8 Å². The topological polar surface area (TPSA) is 122 Å². The molecule has 2 rings (SSSR count). The number of primary amides is 1. The number of amides is 2. The summed E-state index contributed by atoms with van der Waals surface area (Å²) in [5, 5.41) is 14.5. The quantitative estimate of drug-likeness (QED) is 0.594. The van der Waals surface area contributed by atoms with Gasteiger partial charge in [-0.3, -0.25) is 9.59 Å². The van der Waals surface area contributed by atoms with Gasteiger partial charge in [-0.1, -0.05) is 18.2 Å². The number of fused-ring (bicyclic) bond motifs is 1. The maximum atomic E-state index is 12.1. The molecule has 0 aliphatic carbocycles. The van der Waals surface area contributed by atoms with Crippen LogP contribution in [-0.4, -0.2) is 35.5 Å². The first kappa shape index (κ1) is 14.8. The van der Waals surface area contributed by atoms with Crippen molar-refractivity contribution >= 4 is 23.5 Å². The molecule has 5 N–H and O–H groups in total. The molecule has 0 aromatic heterocycles. The SMILES string of the molecule is NC(=O)C[C@@H](NC(=O)C1CNc2ccccc2C1)C(=O)O. The van der Waals surface area contributed by atoms with E-state index in [0.717, 1.165) is 11.3 Å². The number of nitrogens with two attached hydrogens (primary N) is 1. The van der Waals surface area contributed by atoms with Crippen LogP contribution < -0.4 is 16.4 Å². The van der Waals surface area contributed by atoms with E-state index >= 15 is 0 Å². The van der Waals surface area contributed by atoms with Crippen LogP contribution in [0.2, 0.25) is 0 Å². The van der Waals surface area contributed by atoms with Gasteiger partial charge in [0.1, 0.15) is 6.04 Å². The van der Waals surface area contributed by atoms with E-state index in [0.29, 0.717) is 13.0 Å². The second-order valence-electron chi connectivity index (χ2n) is 5.01. The van der Waals surface area contributed by atoms with E-state index in [1.54, 1.807) is 0 Å². The normalized spacial score (nSPS) is 18.0. The van der Waals surface area contributed by atoms with Crippen LogP contribution >= 0.6 is 0 Å². The number of nitrogens with one attached hydrogen (secondary N) is 2. The Labute approximate surface area is 121 Å². The van der Waals surface area contributed by atoms with Gasteiger partial charge in [-0.15, -0.1) is 0 Å². The van der Waals surface area contributed by atoms with Crippen LogP contribution in [0, 0.1) is 5.92 Å². The minimum atomic E-state index is -1.29. The average molecular weight is 291 g/mol. The van der Waals surface area contributed by atoms with E-state index in [-0.39, 0.29) is 5.92 Å². The number of para-hydroxylation sites is 1. The fraction of sp³-hybridized carbons (Fsp3) is 0.357. The van der Waals surface area contributed by atoms with Crippen molar-refractivity contribution in [1.82, 2.24) is 5.32 Å². The number of benzene rings is 1. The summed E-state index contributed by atoms with van der Waals surface area (Å²) >= 11 is 0. The molecular weight excluding hydrogens is 274 g/mol. The molecule has 0 spiro atoms. The molecule has 1 aliphatic rings. The fourth-order valence-electron chi connectivity index (χ4n) is 2.32. The standard InChI is InChI=1S/C14H17N3O4/c15-12(18)6-11(14(20)21)17-13(19)9-5-8-3-1-2-4-10(8)16-7-9/h1-4,9,11,16H,5-7H2,(H2,15,18)(H,17,19)(H,20,21)/t9?,11-/m1/s1. The van der Waals surface area contributed by atoms with Crippen LogP contribution in [0.3, 0.4) is 0 Å². The van der Waals surface area contributed by atoms with Gasteiger partial charge >= 0.3 is 5.97 Å². The molecule has 1 aromatic rings. The van der Waals surface area contributed by atoms with Gasteiger partial charge in [0, 0.05) is 12.2 Å². The summed E-state index contributed by atoms with van der Waals surface area (Å²) < 4.78 is 0. The molecule has 0 saturated heterocycles. The number of carboxylic acid groups (broad SMARTS) is 1. The smallest absolute Gasteiger partial charge is 0.326 e. The lowest BCUT2D eigenvalue weighted by Crippen LogP contribution is -2.47. The van der Waals surface area contributed by atoms with Crippen LogP contribution in [-0.2, 0) is 20.8 Å². The first-order valence-corrected chi connectivity index (χ1v) is 6.60. The molecule has 0 fully saturated rings. The highest BCUT2D eigenvalue weighted by molar-refractivity contribution is 5.89. The molecule has 112 valence electrons. The zero-order chi connectivity index (χ0) is 15.4. The van der Waals surface area contributed by atoms with Gasteiger partial charge in [-0.25, -0.2) is 4.79 Å². The van der Waals surface area contributed by atoms with Crippen molar-refractivity contribution in [2.75, 3.05) is 11.9 Å². The van der Waals surface area contributed by atoms with Gasteiger partial charge in [-0.05, 0) is 18.1 Å². The Bertz CT molecular complexity index is 573. The predicted octanol–water partition coefficient (Wildman–Crippen LogP) is -0.284. The Morgan fingerprint density at radius 2 is 2.10 bits per heavy atom. The average Bonchev–Trinajstić information content (AvgIpc) is 2.45. The highest BCUT2D eigenvalue weighted by Gasteiger charge is 2.28. The lowest BCUT2D eigenvalue weighted by Gasteiger charge is -2.26. The lowest BCUT2D eigenvalue weighted by atomic mass is 9.93. The summed E-state index contributed by atoms with van der Waals surface area (Å²) in [6.45, 7) is 0.422. The maximum Gasteiger partial charge on any atom is 0.326 e. The van der Waals surface area contributed by atoms with Crippen LogP contribution in [0.1, 0.15) is 12.0 Å². The van der Waals surface area contributed by atoms with Crippen LogP contribution in [0.15, 0.2) is 24.3 Å². The highest BCUT2D eigenvalue weighted by atomic mass is 16.4. The number of aliphatic carboxylic acids is 1. The fourth-order valence-corrected chi connectivity index (χ4v) is 2.32. The molecule has 0 bridgehead atoms. The summed E-state index contributed by atoms with van der Waals surface area (Å²) in [6, 6.07) is 6.34. The van der Waals surface area contributed by atoms with Crippen molar-refractivity contribution in [3.8, 4) is 0 Å². The maximum absolute atomic E-state index is 12.1. The highest BCUT2D eigenvalue weighted by Crippen LogP contribution is 2.24. The third kappa shape index (κ3) is 3.71. The monoisotopic (exact) mass is 291 g/mol. The Hall–Kier alpha value is -2.57.